The third kappa shape index (κ3) is 5.02. The monoisotopic (exact) mass is 197 g/mol. The highest BCUT2D eigenvalue weighted by Crippen LogP contribution is 2.36. The normalized spacial score (nSPS) is 13.3. The first kappa shape index (κ1) is 14.0. The average molecular weight is 197 g/mol. The van der Waals surface area contributed by atoms with Crippen molar-refractivity contribution in [1.82, 2.24) is 0 Å². The number of hydrogen-bond donors (Lipinski definition) is 0. The third-order valence-corrected chi connectivity index (χ3v) is 3.58. The molecular weight excluding hydrogens is 168 g/mol. The maximum absolute atomic E-state index is 2.58. The van der Waals surface area contributed by atoms with Crippen molar-refractivity contribution in [3.8, 4) is 0 Å². The molecule has 85 valence electrons. The smallest absolute Gasteiger partial charge is 0.0274 e. The van der Waals surface area contributed by atoms with Crippen molar-refractivity contribution in [1.29, 1.82) is 0 Å². The van der Waals surface area contributed by atoms with Gasteiger partial charge in [0, 0.05) is 0 Å². The van der Waals surface area contributed by atoms with Crippen molar-refractivity contribution >= 4 is 0 Å². The first-order chi connectivity index (χ1) is 6.39. The van der Waals surface area contributed by atoms with E-state index in [4.69, 9.17) is 0 Å². The Morgan fingerprint density at radius 1 is 0.857 bits per heavy atom. The minimum absolute atomic E-state index is 0.484. The molecular formula is C14H29. The molecule has 0 bridgehead atoms. The highest BCUT2D eigenvalue weighted by Gasteiger charge is 2.24. The molecule has 0 unspecified atom stereocenters. The Labute approximate surface area is 91.5 Å². The summed E-state index contributed by atoms with van der Waals surface area (Å²) in [5, 5.41) is 0. The van der Waals surface area contributed by atoms with Gasteiger partial charge in [-0.25, -0.2) is 0 Å². The summed E-state index contributed by atoms with van der Waals surface area (Å²) >= 11 is 0. The topological polar surface area (TPSA) is 0 Å². The zero-order valence-electron chi connectivity index (χ0n) is 11.1. The van der Waals surface area contributed by atoms with Crippen LogP contribution in [0.5, 0.6) is 0 Å². The van der Waals surface area contributed by atoms with E-state index in [2.05, 4.69) is 48.0 Å². The summed E-state index contributed by atoms with van der Waals surface area (Å²) in [4.78, 5) is 0. The summed E-state index contributed by atoms with van der Waals surface area (Å²) in [6.45, 7) is 13.9. The number of rotatable bonds is 6. The van der Waals surface area contributed by atoms with Crippen LogP contribution in [0.3, 0.4) is 0 Å². The maximum Gasteiger partial charge on any atom is -0.0274 e. The predicted octanol–water partition coefficient (Wildman–Crippen LogP) is 5.23. The predicted molar refractivity (Wildman–Crippen MR) is 66.3 cm³/mol. The van der Waals surface area contributed by atoms with E-state index in [1.165, 1.54) is 32.1 Å². The second-order valence-electron chi connectivity index (χ2n) is 5.73. The maximum atomic E-state index is 2.58. The van der Waals surface area contributed by atoms with Crippen LogP contribution < -0.4 is 0 Å². The Balaban J connectivity index is 3.95. The molecule has 0 aliphatic rings. The molecule has 0 aromatic carbocycles. The van der Waals surface area contributed by atoms with Crippen molar-refractivity contribution in [3.63, 3.8) is 0 Å². The van der Waals surface area contributed by atoms with Crippen LogP contribution in [0.2, 0.25) is 0 Å². The van der Waals surface area contributed by atoms with Crippen molar-refractivity contribution in [3.05, 3.63) is 6.42 Å². The van der Waals surface area contributed by atoms with Crippen LogP contribution in [0.1, 0.15) is 73.6 Å². The highest BCUT2D eigenvalue weighted by molar-refractivity contribution is 4.90. The van der Waals surface area contributed by atoms with E-state index in [9.17, 15) is 0 Å². The summed E-state index contributed by atoms with van der Waals surface area (Å²) in [7, 11) is 0. The number of hydrogen-bond acceptors (Lipinski definition) is 0. The fourth-order valence-corrected chi connectivity index (χ4v) is 1.99. The molecule has 1 radical (unpaired) electrons. The zero-order chi connectivity index (χ0) is 11.2. The van der Waals surface area contributed by atoms with Gasteiger partial charge in [0.25, 0.3) is 0 Å². The second kappa shape index (κ2) is 5.78. The Morgan fingerprint density at radius 3 is 1.57 bits per heavy atom. The van der Waals surface area contributed by atoms with Crippen molar-refractivity contribution in [2.45, 2.75) is 73.6 Å². The highest BCUT2D eigenvalue weighted by atomic mass is 14.3. The van der Waals surface area contributed by atoms with Gasteiger partial charge in [-0.3, -0.25) is 0 Å². The van der Waals surface area contributed by atoms with E-state index in [1.54, 1.807) is 0 Å². The van der Waals surface area contributed by atoms with E-state index in [0.29, 0.717) is 10.8 Å². The lowest BCUT2D eigenvalue weighted by atomic mass is 9.74. The van der Waals surface area contributed by atoms with Gasteiger partial charge in [0.05, 0.1) is 0 Å². The molecule has 0 aliphatic heterocycles. The molecule has 0 heteroatoms. The van der Waals surface area contributed by atoms with E-state index in [0.717, 1.165) is 0 Å². The largest absolute Gasteiger partial charge is 0.0648 e. The van der Waals surface area contributed by atoms with Crippen LogP contribution in [0.15, 0.2) is 0 Å². The summed E-state index contributed by atoms with van der Waals surface area (Å²) < 4.78 is 0. The molecule has 0 aromatic rings. The van der Waals surface area contributed by atoms with Gasteiger partial charge in [-0.1, -0.05) is 60.8 Å². The first-order valence-corrected chi connectivity index (χ1v) is 6.23. The lowest BCUT2D eigenvalue weighted by Crippen LogP contribution is -2.19. The van der Waals surface area contributed by atoms with Crippen LogP contribution in [0.4, 0.5) is 0 Å². The Hall–Kier alpha value is 0. The molecule has 0 atom stereocenters. The lowest BCUT2D eigenvalue weighted by Gasteiger charge is -2.31. The van der Waals surface area contributed by atoms with Crippen molar-refractivity contribution in [2.24, 2.45) is 10.8 Å². The summed E-state index contributed by atoms with van der Waals surface area (Å²) in [6, 6.07) is 0. The van der Waals surface area contributed by atoms with Crippen LogP contribution in [-0.4, -0.2) is 0 Å². The SMILES string of the molecule is CCC([CH]CCC(C)(C)C)(CC)CC. The Morgan fingerprint density at radius 2 is 1.29 bits per heavy atom. The van der Waals surface area contributed by atoms with Gasteiger partial charge in [0.1, 0.15) is 0 Å². The molecule has 0 saturated carbocycles. The molecule has 0 N–H and O–H groups in total. The fourth-order valence-electron chi connectivity index (χ4n) is 1.99. The van der Waals surface area contributed by atoms with Gasteiger partial charge in [-0.15, -0.1) is 0 Å². The minimum Gasteiger partial charge on any atom is -0.0648 e. The van der Waals surface area contributed by atoms with E-state index >= 15 is 0 Å². The Bertz CT molecular complexity index is 126. The molecule has 0 aromatic heterocycles. The molecule has 0 saturated heterocycles. The minimum atomic E-state index is 0.484. The summed E-state index contributed by atoms with van der Waals surface area (Å²) in [5.41, 5.74) is 1.00. The van der Waals surface area contributed by atoms with Crippen LogP contribution >= 0.6 is 0 Å². The molecule has 0 fully saturated rings. The van der Waals surface area contributed by atoms with Crippen molar-refractivity contribution < 1.29 is 0 Å². The van der Waals surface area contributed by atoms with E-state index in [1.807, 2.05) is 0 Å². The molecule has 14 heavy (non-hydrogen) atoms. The summed E-state index contributed by atoms with van der Waals surface area (Å²) in [6.07, 6.45) is 9.06. The van der Waals surface area contributed by atoms with Crippen LogP contribution in [-0.2, 0) is 0 Å². The summed E-state index contributed by atoms with van der Waals surface area (Å²) in [5.74, 6) is 0. The molecule has 0 nitrogen and oxygen atoms in total. The Kier molecular flexibility index (Phi) is 5.78. The second-order valence-corrected chi connectivity index (χ2v) is 5.73. The quantitative estimate of drug-likeness (QED) is 0.546. The molecule has 0 spiro atoms. The molecule has 0 heterocycles. The van der Waals surface area contributed by atoms with Gasteiger partial charge in [0.15, 0.2) is 0 Å². The van der Waals surface area contributed by atoms with Crippen LogP contribution in [0.25, 0.3) is 0 Å². The van der Waals surface area contributed by atoms with E-state index < -0.39 is 0 Å². The van der Waals surface area contributed by atoms with Crippen LogP contribution in [0, 0.1) is 17.3 Å². The lowest BCUT2D eigenvalue weighted by molar-refractivity contribution is 0.279. The molecule has 0 amide bonds. The van der Waals surface area contributed by atoms with Gasteiger partial charge >= 0.3 is 0 Å². The van der Waals surface area contributed by atoms with Gasteiger partial charge in [0.2, 0.25) is 0 Å². The third-order valence-electron chi connectivity index (χ3n) is 3.58. The van der Waals surface area contributed by atoms with Gasteiger partial charge < -0.3 is 0 Å². The van der Waals surface area contributed by atoms with Gasteiger partial charge in [-0.05, 0) is 30.1 Å². The first-order valence-electron chi connectivity index (χ1n) is 6.23. The zero-order valence-corrected chi connectivity index (χ0v) is 11.1. The molecule has 0 aliphatic carbocycles. The molecule has 0 rings (SSSR count). The van der Waals surface area contributed by atoms with Gasteiger partial charge in [-0.2, -0.15) is 0 Å². The fraction of sp³-hybridized carbons (Fsp3) is 0.929. The average Bonchev–Trinajstić information content (AvgIpc) is 2.11. The van der Waals surface area contributed by atoms with Crippen molar-refractivity contribution in [2.75, 3.05) is 0 Å². The van der Waals surface area contributed by atoms with E-state index in [-0.39, 0.29) is 0 Å². The standard InChI is InChI=1S/C14H29/c1-7-14(8-2,9-3)12-10-11-13(4,5)6/h12H,7-11H2,1-6H3.